The first kappa shape index (κ1) is 30.5. The number of hydrogen-bond donors (Lipinski definition) is 2. The highest BCUT2D eigenvalue weighted by atomic mass is 32.2. The van der Waals surface area contributed by atoms with Crippen molar-refractivity contribution in [2.75, 3.05) is 45.2 Å². The number of aromatic nitrogens is 3. The second-order valence-electron chi connectivity index (χ2n) is 9.78. The average Bonchev–Trinajstić information content (AvgIpc) is 3.75. The summed E-state index contributed by atoms with van der Waals surface area (Å²) in [6, 6.07) is 8.37. The minimum atomic E-state index is -4.20. The number of hydrogen-bond acceptors (Lipinski definition) is 11. The lowest BCUT2D eigenvalue weighted by atomic mass is 10.1. The van der Waals surface area contributed by atoms with Gasteiger partial charge in [-0.25, -0.2) is 18.0 Å². The van der Waals surface area contributed by atoms with Crippen molar-refractivity contribution in [2.45, 2.75) is 31.3 Å². The molecule has 0 spiro atoms. The van der Waals surface area contributed by atoms with E-state index in [9.17, 15) is 18.0 Å². The maximum absolute atomic E-state index is 13.7. The summed E-state index contributed by atoms with van der Waals surface area (Å²) in [5.74, 6) is 0.420. The van der Waals surface area contributed by atoms with Gasteiger partial charge in [-0.3, -0.25) is 9.40 Å². The molecule has 1 aliphatic rings. The lowest BCUT2D eigenvalue weighted by Crippen LogP contribution is -2.29. The Labute approximate surface area is 253 Å². The SMILES string of the molecule is CCc1ccc(OCCN2CCOC2=O)c(S(=O)(=O)Nc2noc3cc(Cn4cc(CNC(=O)OC)cn4)cc(OC)c23)c1. The molecule has 1 saturated heterocycles. The molecule has 15 nitrogen and oxygen atoms in total. The van der Waals surface area contributed by atoms with E-state index in [-0.39, 0.29) is 36.2 Å². The molecule has 5 rings (SSSR count). The van der Waals surface area contributed by atoms with Crippen LogP contribution in [0.5, 0.6) is 11.5 Å². The maximum Gasteiger partial charge on any atom is 0.410 e. The molecule has 1 fully saturated rings. The van der Waals surface area contributed by atoms with E-state index in [1.807, 2.05) is 6.92 Å². The Morgan fingerprint density at radius 1 is 1.11 bits per heavy atom. The van der Waals surface area contributed by atoms with Crippen LogP contribution in [0.1, 0.15) is 23.6 Å². The van der Waals surface area contributed by atoms with Gasteiger partial charge in [-0.15, -0.1) is 0 Å². The largest absolute Gasteiger partial charge is 0.496 e. The molecule has 3 heterocycles. The van der Waals surface area contributed by atoms with Crippen LogP contribution in [0.15, 0.2) is 52.1 Å². The monoisotopic (exact) mass is 628 g/mol. The van der Waals surface area contributed by atoms with Crippen molar-refractivity contribution in [1.82, 2.24) is 25.2 Å². The highest BCUT2D eigenvalue weighted by molar-refractivity contribution is 7.92. The molecule has 0 aliphatic carbocycles. The van der Waals surface area contributed by atoms with Gasteiger partial charge in [0.1, 0.15) is 35.0 Å². The lowest BCUT2D eigenvalue weighted by Gasteiger charge is -2.16. The summed E-state index contributed by atoms with van der Waals surface area (Å²) in [6.45, 7) is 3.59. The molecule has 1 aliphatic heterocycles. The minimum Gasteiger partial charge on any atom is -0.496 e. The van der Waals surface area contributed by atoms with Crippen molar-refractivity contribution in [3.8, 4) is 11.5 Å². The Morgan fingerprint density at radius 3 is 2.68 bits per heavy atom. The van der Waals surface area contributed by atoms with Gasteiger partial charge in [0.05, 0.1) is 40.1 Å². The molecule has 0 unspecified atom stereocenters. The van der Waals surface area contributed by atoms with E-state index in [2.05, 4.69) is 25.0 Å². The second kappa shape index (κ2) is 13.1. The lowest BCUT2D eigenvalue weighted by molar-refractivity contribution is 0.152. The van der Waals surface area contributed by atoms with Crippen LogP contribution in [0, 0.1) is 0 Å². The number of cyclic esters (lactones) is 1. The van der Waals surface area contributed by atoms with Gasteiger partial charge in [-0.1, -0.05) is 18.1 Å². The second-order valence-corrected chi connectivity index (χ2v) is 11.4. The molecule has 0 bridgehead atoms. The Balaban J connectivity index is 1.35. The van der Waals surface area contributed by atoms with Gasteiger partial charge in [0, 0.05) is 18.3 Å². The Kier molecular flexibility index (Phi) is 9.08. The zero-order valence-electron chi connectivity index (χ0n) is 24.4. The van der Waals surface area contributed by atoms with Crippen LogP contribution in [0.3, 0.4) is 0 Å². The van der Waals surface area contributed by atoms with Crippen molar-refractivity contribution in [2.24, 2.45) is 0 Å². The number of carbonyl (C=O) groups is 2. The molecule has 234 valence electrons. The Hall–Kier alpha value is -4.99. The van der Waals surface area contributed by atoms with Crippen LogP contribution in [-0.2, 0) is 39.0 Å². The Bertz CT molecular complexity index is 1770. The highest BCUT2D eigenvalue weighted by Gasteiger charge is 2.26. The van der Waals surface area contributed by atoms with Crippen molar-refractivity contribution in [1.29, 1.82) is 0 Å². The highest BCUT2D eigenvalue weighted by Crippen LogP contribution is 2.36. The van der Waals surface area contributed by atoms with E-state index in [4.69, 9.17) is 18.7 Å². The number of sulfonamides is 1. The maximum atomic E-state index is 13.7. The minimum absolute atomic E-state index is 0.0497. The number of ether oxygens (including phenoxy) is 4. The summed E-state index contributed by atoms with van der Waals surface area (Å²) in [4.78, 5) is 24.5. The zero-order chi connectivity index (χ0) is 31.3. The summed E-state index contributed by atoms with van der Waals surface area (Å²) < 4.78 is 58.0. The predicted molar refractivity (Wildman–Crippen MR) is 156 cm³/mol. The third-order valence-corrected chi connectivity index (χ3v) is 8.23. The smallest absolute Gasteiger partial charge is 0.410 e. The van der Waals surface area contributed by atoms with Gasteiger partial charge in [-0.05, 0) is 41.8 Å². The summed E-state index contributed by atoms with van der Waals surface area (Å²) in [5, 5.41) is 11.2. The third kappa shape index (κ3) is 6.80. The molecule has 2 aromatic heterocycles. The molecule has 4 aromatic rings. The van der Waals surface area contributed by atoms with Crippen LogP contribution < -0.4 is 19.5 Å². The van der Waals surface area contributed by atoms with Gasteiger partial charge < -0.3 is 33.7 Å². The first-order chi connectivity index (χ1) is 21.2. The normalized spacial score (nSPS) is 13.2. The fraction of sp³-hybridized carbons (Fsp3) is 0.357. The number of anilines is 1. The number of fused-ring (bicyclic) bond motifs is 1. The number of alkyl carbamates (subject to hydrolysis) is 1. The van der Waals surface area contributed by atoms with E-state index in [1.54, 1.807) is 47.4 Å². The van der Waals surface area contributed by atoms with E-state index >= 15 is 0 Å². The number of aryl methyl sites for hydroxylation is 1. The molecule has 2 amide bonds. The summed E-state index contributed by atoms with van der Waals surface area (Å²) in [6.07, 6.45) is 3.02. The molecule has 2 aromatic carbocycles. The van der Waals surface area contributed by atoms with Gasteiger partial charge in [0.15, 0.2) is 11.4 Å². The molecule has 0 atom stereocenters. The van der Waals surface area contributed by atoms with Crippen molar-refractivity contribution >= 4 is 39.0 Å². The first-order valence-electron chi connectivity index (χ1n) is 13.7. The molecule has 16 heteroatoms. The predicted octanol–water partition coefficient (Wildman–Crippen LogP) is 3.13. The van der Waals surface area contributed by atoms with Crippen molar-refractivity contribution in [3.05, 3.63) is 59.4 Å². The van der Waals surface area contributed by atoms with Gasteiger partial charge in [0.25, 0.3) is 10.0 Å². The van der Waals surface area contributed by atoms with Crippen molar-refractivity contribution < 1.29 is 41.5 Å². The molecular weight excluding hydrogens is 596 g/mol. The fourth-order valence-electron chi connectivity index (χ4n) is 4.61. The third-order valence-electron chi connectivity index (χ3n) is 6.87. The first-order valence-corrected chi connectivity index (χ1v) is 15.2. The van der Waals surface area contributed by atoms with Crippen LogP contribution in [-0.4, -0.2) is 81.0 Å². The molecule has 2 N–H and O–H groups in total. The molecule has 0 radical (unpaired) electrons. The van der Waals surface area contributed by atoms with Crippen LogP contribution in [0.2, 0.25) is 0 Å². The van der Waals surface area contributed by atoms with Crippen LogP contribution in [0.25, 0.3) is 11.0 Å². The fourth-order valence-corrected chi connectivity index (χ4v) is 5.81. The van der Waals surface area contributed by atoms with Gasteiger partial charge in [0.2, 0.25) is 0 Å². The van der Waals surface area contributed by atoms with E-state index in [0.717, 1.165) is 16.7 Å². The zero-order valence-corrected chi connectivity index (χ0v) is 25.2. The summed E-state index contributed by atoms with van der Waals surface area (Å²) in [7, 11) is -1.46. The number of rotatable bonds is 13. The molecular formula is C28H32N6O9S. The number of nitrogens with one attached hydrogen (secondary N) is 2. The average molecular weight is 629 g/mol. The number of amides is 2. The van der Waals surface area contributed by atoms with Crippen LogP contribution in [0.4, 0.5) is 15.4 Å². The van der Waals surface area contributed by atoms with Crippen molar-refractivity contribution in [3.63, 3.8) is 0 Å². The quantitative estimate of drug-likeness (QED) is 0.222. The van der Waals surface area contributed by atoms with E-state index in [1.165, 1.54) is 19.1 Å². The number of carbonyl (C=O) groups excluding carboxylic acids is 2. The Morgan fingerprint density at radius 2 is 1.95 bits per heavy atom. The number of benzene rings is 2. The molecule has 0 saturated carbocycles. The van der Waals surface area contributed by atoms with Crippen LogP contribution >= 0.6 is 0 Å². The van der Waals surface area contributed by atoms with E-state index < -0.39 is 22.2 Å². The standard InChI is InChI=1S/C28H32N6O9S/c1-4-18-5-6-21(41-9-7-33-8-10-42-28(33)36)24(13-18)44(37,38)32-26-25-22(39-2)11-19(12-23(25)43-31-26)16-34-17-20(15-30-34)14-29-27(35)40-3/h5-6,11-13,15,17H,4,7-10,14,16H2,1-3H3,(H,29,35)(H,31,32). The number of nitrogens with zero attached hydrogens (tertiary/aromatic N) is 4. The van der Waals surface area contributed by atoms with Gasteiger partial charge >= 0.3 is 12.2 Å². The van der Waals surface area contributed by atoms with E-state index in [0.29, 0.717) is 42.8 Å². The number of methoxy groups -OCH3 is 2. The summed E-state index contributed by atoms with van der Waals surface area (Å²) >= 11 is 0. The summed E-state index contributed by atoms with van der Waals surface area (Å²) in [5.41, 5.74) is 2.61. The topological polar surface area (TPSA) is 176 Å². The molecule has 44 heavy (non-hydrogen) atoms. The van der Waals surface area contributed by atoms with Gasteiger partial charge in [-0.2, -0.15) is 5.10 Å².